The van der Waals surface area contributed by atoms with E-state index in [0.717, 1.165) is 11.4 Å². The molecule has 0 spiro atoms. The molecule has 0 aliphatic carbocycles. The zero-order valence-corrected chi connectivity index (χ0v) is 15.9. The van der Waals surface area contributed by atoms with Gasteiger partial charge in [-0.3, -0.25) is 9.59 Å². The number of hydrogen-bond donors (Lipinski definition) is 1. The molecule has 0 aromatic heterocycles. The molecule has 138 valence electrons. The minimum absolute atomic E-state index is 0.0838. The summed E-state index contributed by atoms with van der Waals surface area (Å²) in [6.07, 6.45) is 0.0838. The van der Waals surface area contributed by atoms with Crippen LogP contribution in [0.3, 0.4) is 0 Å². The standard InChI is InChI=1S/C21H26N2O3/c1-15(2)26-18-13-11-16(12-14-18)22-19(24)21(3,4)20(25)23(5)17-9-7-6-8-10-17/h6-15H,1-5H3,(H,22,24). The highest BCUT2D eigenvalue weighted by atomic mass is 16.5. The minimum atomic E-state index is -1.21. The van der Waals surface area contributed by atoms with Gasteiger partial charge in [0.25, 0.3) is 0 Å². The van der Waals surface area contributed by atoms with E-state index in [1.165, 1.54) is 4.90 Å². The van der Waals surface area contributed by atoms with E-state index in [2.05, 4.69) is 5.32 Å². The van der Waals surface area contributed by atoms with Gasteiger partial charge in [-0.15, -0.1) is 0 Å². The Morgan fingerprint density at radius 1 is 1.00 bits per heavy atom. The van der Waals surface area contributed by atoms with Crippen molar-refractivity contribution in [2.75, 3.05) is 17.3 Å². The molecule has 0 fully saturated rings. The van der Waals surface area contributed by atoms with Crippen molar-refractivity contribution in [2.45, 2.75) is 33.8 Å². The third kappa shape index (κ3) is 4.63. The van der Waals surface area contributed by atoms with Crippen molar-refractivity contribution in [1.29, 1.82) is 0 Å². The molecule has 2 aromatic rings. The number of hydrogen-bond acceptors (Lipinski definition) is 3. The van der Waals surface area contributed by atoms with E-state index < -0.39 is 5.41 Å². The van der Waals surface area contributed by atoms with Crippen molar-refractivity contribution in [3.63, 3.8) is 0 Å². The fraction of sp³-hybridized carbons (Fsp3) is 0.333. The third-order valence-corrected chi connectivity index (χ3v) is 4.03. The van der Waals surface area contributed by atoms with E-state index in [-0.39, 0.29) is 17.9 Å². The molecule has 26 heavy (non-hydrogen) atoms. The molecule has 0 heterocycles. The highest BCUT2D eigenvalue weighted by Crippen LogP contribution is 2.25. The van der Waals surface area contributed by atoms with E-state index in [4.69, 9.17) is 4.74 Å². The molecule has 2 rings (SSSR count). The van der Waals surface area contributed by atoms with E-state index in [9.17, 15) is 9.59 Å². The van der Waals surface area contributed by atoms with Crippen LogP contribution in [0.2, 0.25) is 0 Å². The number of nitrogens with zero attached hydrogens (tertiary/aromatic N) is 1. The van der Waals surface area contributed by atoms with Crippen LogP contribution in [0.4, 0.5) is 11.4 Å². The van der Waals surface area contributed by atoms with Gasteiger partial charge >= 0.3 is 0 Å². The zero-order valence-electron chi connectivity index (χ0n) is 15.9. The number of benzene rings is 2. The highest BCUT2D eigenvalue weighted by molar-refractivity contribution is 6.14. The maximum Gasteiger partial charge on any atom is 0.241 e. The lowest BCUT2D eigenvalue weighted by Gasteiger charge is -2.28. The molecule has 5 nitrogen and oxygen atoms in total. The molecule has 0 aliphatic rings. The Morgan fingerprint density at radius 2 is 1.58 bits per heavy atom. The summed E-state index contributed by atoms with van der Waals surface area (Å²) in [6, 6.07) is 16.4. The number of ether oxygens (including phenoxy) is 1. The number of nitrogens with one attached hydrogen (secondary N) is 1. The predicted molar refractivity (Wildman–Crippen MR) is 104 cm³/mol. The van der Waals surface area contributed by atoms with Crippen LogP contribution in [0.5, 0.6) is 5.75 Å². The normalized spacial score (nSPS) is 11.2. The van der Waals surface area contributed by atoms with E-state index in [0.29, 0.717) is 5.69 Å². The lowest BCUT2D eigenvalue weighted by molar-refractivity contribution is -0.136. The molecule has 0 saturated carbocycles. The third-order valence-electron chi connectivity index (χ3n) is 4.03. The largest absolute Gasteiger partial charge is 0.491 e. The number of para-hydroxylation sites is 1. The molecule has 1 N–H and O–H groups in total. The van der Waals surface area contributed by atoms with Gasteiger partial charge in [-0.1, -0.05) is 18.2 Å². The van der Waals surface area contributed by atoms with Gasteiger partial charge in [0.15, 0.2) is 0 Å². The topological polar surface area (TPSA) is 58.6 Å². The van der Waals surface area contributed by atoms with Gasteiger partial charge in [-0.05, 0) is 64.1 Å². The smallest absolute Gasteiger partial charge is 0.241 e. The number of carbonyl (C=O) groups excluding carboxylic acids is 2. The van der Waals surface area contributed by atoms with Crippen molar-refractivity contribution in [2.24, 2.45) is 5.41 Å². The summed E-state index contributed by atoms with van der Waals surface area (Å²) in [5.41, 5.74) is 0.153. The Hall–Kier alpha value is -2.82. The van der Waals surface area contributed by atoms with E-state index in [1.807, 2.05) is 44.2 Å². The van der Waals surface area contributed by atoms with Crippen LogP contribution in [0, 0.1) is 5.41 Å². The summed E-state index contributed by atoms with van der Waals surface area (Å²) < 4.78 is 5.59. The monoisotopic (exact) mass is 354 g/mol. The second kappa shape index (κ2) is 8.04. The molecule has 2 aromatic carbocycles. The molecule has 2 amide bonds. The van der Waals surface area contributed by atoms with Crippen LogP contribution in [-0.2, 0) is 9.59 Å². The summed E-state index contributed by atoms with van der Waals surface area (Å²) in [7, 11) is 1.67. The van der Waals surface area contributed by atoms with Crippen LogP contribution in [0.25, 0.3) is 0 Å². The highest BCUT2D eigenvalue weighted by Gasteiger charge is 2.38. The summed E-state index contributed by atoms with van der Waals surface area (Å²) in [6.45, 7) is 7.15. The first-order chi connectivity index (χ1) is 12.2. The molecule has 0 saturated heterocycles. The molecular formula is C21H26N2O3. The number of amides is 2. The lowest BCUT2D eigenvalue weighted by Crippen LogP contribution is -2.46. The van der Waals surface area contributed by atoms with Gasteiger partial charge in [0.05, 0.1) is 6.10 Å². The van der Waals surface area contributed by atoms with Crippen molar-refractivity contribution >= 4 is 23.2 Å². The molecule has 0 unspecified atom stereocenters. The van der Waals surface area contributed by atoms with Crippen LogP contribution in [-0.4, -0.2) is 25.0 Å². The molecule has 5 heteroatoms. The maximum absolute atomic E-state index is 12.8. The first-order valence-corrected chi connectivity index (χ1v) is 8.63. The van der Waals surface area contributed by atoms with Gasteiger partial charge in [0.1, 0.15) is 11.2 Å². The minimum Gasteiger partial charge on any atom is -0.491 e. The molecule has 0 atom stereocenters. The second-order valence-electron chi connectivity index (χ2n) is 6.97. The van der Waals surface area contributed by atoms with Gasteiger partial charge < -0.3 is 15.0 Å². The lowest BCUT2D eigenvalue weighted by atomic mass is 9.90. The van der Waals surface area contributed by atoms with Crippen LogP contribution in [0.15, 0.2) is 54.6 Å². The van der Waals surface area contributed by atoms with Gasteiger partial charge in [0, 0.05) is 18.4 Å². The van der Waals surface area contributed by atoms with Crippen LogP contribution < -0.4 is 15.0 Å². The number of rotatable bonds is 6. The Bertz CT molecular complexity index is 753. The second-order valence-corrected chi connectivity index (χ2v) is 6.97. The summed E-state index contributed by atoms with van der Waals surface area (Å²) in [4.78, 5) is 27.0. The predicted octanol–water partition coefficient (Wildman–Crippen LogP) is 4.10. The number of anilines is 2. The fourth-order valence-electron chi connectivity index (χ4n) is 2.46. The summed E-state index contributed by atoms with van der Waals surface area (Å²) in [5, 5.41) is 2.81. The van der Waals surface area contributed by atoms with Gasteiger partial charge in [-0.25, -0.2) is 0 Å². The first kappa shape index (κ1) is 19.5. The molecule has 0 radical (unpaired) electrons. The Labute approximate surface area is 155 Å². The molecule has 0 aliphatic heterocycles. The van der Waals surface area contributed by atoms with E-state index in [1.54, 1.807) is 45.2 Å². The Balaban J connectivity index is 2.08. The Kier molecular flexibility index (Phi) is 6.03. The maximum atomic E-state index is 12.8. The van der Waals surface area contributed by atoms with Gasteiger partial charge in [0.2, 0.25) is 11.8 Å². The number of carbonyl (C=O) groups is 2. The summed E-state index contributed by atoms with van der Waals surface area (Å²) >= 11 is 0. The van der Waals surface area contributed by atoms with E-state index >= 15 is 0 Å². The van der Waals surface area contributed by atoms with Gasteiger partial charge in [-0.2, -0.15) is 0 Å². The van der Waals surface area contributed by atoms with Crippen molar-refractivity contribution in [1.82, 2.24) is 0 Å². The summed E-state index contributed by atoms with van der Waals surface area (Å²) in [5.74, 6) is 0.0981. The molecular weight excluding hydrogens is 328 g/mol. The molecule has 0 bridgehead atoms. The SMILES string of the molecule is CC(C)Oc1ccc(NC(=O)C(C)(C)C(=O)N(C)c2ccccc2)cc1. The average Bonchev–Trinajstić information content (AvgIpc) is 2.62. The van der Waals surface area contributed by atoms with Crippen molar-refractivity contribution in [3.05, 3.63) is 54.6 Å². The zero-order chi connectivity index (χ0) is 19.3. The quantitative estimate of drug-likeness (QED) is 0.795. The average molecular weight is 354 g/mol. The fourth-order valence-corrected chi connectivity index (χ4v) is 2.46. The first-order valence-electron chi connectivity index (χ1n) is 8.63. The van der Waals surface area contributed by atoms with Crippen LogP contribution in [0.1, 0.15) is 27.7 Å². The van der Waals surface area contributed by atoms with Crippen molar-refractivity contribution in [3.8, 4) is 5.75 Å². The van der Waals surface area contributed by atoms with Crippen LogP contribution >= 0.6 is 0 Å². The van der Waals surface area contributed by atoms with Crippen molar-refractivity contribution < 1.29 is 14.3 Å². The Morgan fingerprint density at radius 3 is 2.12 bits per heavy atom.